The summed E-state index contributed by atoms with van der Waals surface area (Å²) >= 11 is 0. The first-order valence-corrected chi connectivity index (χ1v) is 9.09. The summed E-state index contributed by atoms with van der Waals surface area (Å²) in [4.78, 5) is 17.9. The predicted octanol–water partition coefficient (Wildman–Crippen LogP) is 1.96. The third kappa shape index (κ3) is 3.60. The SMILES string of the molecule is N#Cc1ccnc(N2CCN(c3cc(C4CCOCC4)ncn3)CC2)c1. The minimum Gasteiger partial charge on any atom is -0.381 e. The summed E-state index contributed by atoms with van der Waals surface area (Å²) in [6, 6.07) is 7.90. The lowest BCUT2D eigenvalue weighted by atomic mass is 9.96. The zero-order valence-corrected chi connectivity index (χ0v) is 14.7. The first-order chi connectivity index (χ1) is 12.8. The van der Waals surface area contributed by atoms with Crippen molar-refractivity contribution in [2.75, 3.05) is 49.2 Å². The topological polar surface area (TPSA) is 78.2 Å². The fraction of sp³-hybridized carbons (Fsp3) is 0.474. The predicted molar refractivity (Wildman–Crippen MR) is 98.2 cm³/mol. The molecule has 0 aliphatic carbocycles. The Kier molecular flexibility index (Phi) is 4.93. The summed E-state index contributed by atoms with van der Waals surface area (Å²) in [5.74, 6) is 2.35. The molecular weight excluding hydrogens is 328 g/mol. The van der Waals surface area contributed by atoms with Gasteiger partial charge in [0.05, 0.1) is 11.6 Å². The van der Waals surface area contributed by atoms with E-state index in [4.69, 9.17) is 10.00 Å². The Morgan fingerprint density at radius 2 is 1.65 bits per heavy atom. The third-order valence-corrected chi connectivity index (χ3v) is 5.12. The molecule has 4 heterocycles. The summed E-state index contributed by atoms with van der Waals surface area (Å²) in [7, 11) is 0. The second-order valence-corrected chi connectivity index (χ2v) is 6.68. The third-order valence-electron chi connectivity index (χ3n) is 5.12. The lowest BCUT2D eigenvalue weighted by Gasteiger charge is -2.36. The number of piperazine rings is 1. The van der Waals surface area contributed by atoms with Crippen LogP contribution in [0.25, 0.3) is 0 Å². The van der Waals surface area contributed by atoms with Crippen molar-refractivity contribution >= 4 is 11.6 Å². The summed E-state index contributed by atoms with van der Waals surface area (Å²) < 4.78 is 5.45. The molecule has 26 heavy (non-hydrogen) atoms. The molecular formula is C19H22N6O. The zero-order chi connectivity index (χ0) is 17.8. The Labute approximate surface area is 153 Å². The Balaban J connectivity index is 1.42. The highest BCUT2D eigenvalue weighted by Gasteiger charge is 2.22. The highest BCUT2D eigenvalue weighted by Crippen LogP contribution is 2.27. The van der Waals surface area contributed by atoms with Gasteiger partial charge in [0.25, 0.3) is 0 Å². The fourth-order valence-corrected chi connectivity index (χ4v) is 3.58. The van der Waals surface area contributed by atoms with Crippen LogP contribution in [0.15, 0.2) is 30.7 Å². The Hall–Kier alpha value is -2.72. The van der Waals surface area contributed by atoms with Gasteiger partial charge >= 0.3 is 0 Å². The number of hydrogen-bond acceptors (Lipinski definition) is 7. The smallest absolute Gasteiger partial charge is 0.132 e. The molecule has 0 N–H and O–H groups in total. The molecule has 4 rings (SSSR count). The van der Waals surface area contributed by atoms with Gasteiger partial charge in [0.2, 0.25) is 0 Å². The number of nitrogens with zero attached hydrogens (tertiary/aromatic N) is 6. The summed E-state index contributed by atoms with van der Waals surface area (Å²) in [5.41, 5.74) is 1.78. The molecule has 2 fully saturated rings. The lowest BCUT2D eigenvalue weighted by molar-refractivity contribution is 0.0845. The summed E-state index contributed by atoms with van der Waals surface area (Å²) in [6.07, 6.45) is 5.45. The van der Waals surface area contributed by atoms with Crippen molar-refractivity contribution in [3.05, 3.63) is 42.0 Å². The molecule has 0 saturated carbocycles. The van der Waals surface area contributed by atoms with Gasteiger partial charge in [-0.3, -0.25) is 0 Å². The average molecular weight is 350 g/mol. The van der Waals surface area contributed by atoms with Crippen molar-refractivity contribution in [1.82, 2.24) is 15.0 Å². The minimum absolute atomic E-state index is 0.477. The quantitative estimate of drug-likeness (QED) is 0.837. The maximum absolute atomic E-state index is 9.06. The number of aromatic nitrogens is 3. The largest absolute Gasteiger partial charge is 0.381 e. The normalized spacial score (nSPS) is 18.6. The van der Waals surface area contributed by atoms with E-state index in [0.29, 0.717) is 11.5 Å². The molecule has 2 saturated heterocycles. The van der Waals surface area contributed by atoms with Gasteiger partial charge in [0.15, 0.2) is 0 Å². The Morgan fingerprint density at radius 3 is 2.35 bits per heavy atom. The second kappa shape index (κ2) is 7.67. The molecule has 0 bridgehead atoms. The molecule has 7 heteroatoms. The van der Waals surface area contributed by atoms with E-state index < -0.39 is 0 Å². The number of hydrogen-bond donors (Lipinski definition) is 0. The fourth-order valence-electron chi connectivity index (χ4n) is 3.58. The van der Waals surface area contributed by atoms with Crippen LogP contribution in [-0.4, -0.2) is 54.3 Å². The van der Waals surface area contributed by atoms with Gasteiger partial charge in [0.1, 0.15) is 18.0 Å². The Bertz CT molecular complexity index is 791. The molecule has 0 spiro atoms. The van der Waals surface area contributed by atoms with Gasteiger partial charge < -0.3 is 14.5 Å². The Morgan fingerprint density at radius 1 is 0.962 bits per heavy atom. The van der Waals surface area contributed by atoms with Crippen molar-refractivity contribution in [3.63, 3.8) is 0 Å². The van der Waals surface area contributed by atoms with Crippen LogP contribution in [0.3, 0.4) is 0 Å². The van der Waals surface area contributed by atoms with Crippen molar-refractivity contribution in [2.45, 2.75) is 18.8 Å². The lowest BCUT2D eigenvalue weighted by Crippen LogP contribution is -2.47. The highest BCUT2D eigenvalue weighted by atomic mass is 16.5. The van der Waals surface area contributed by atoms with Crippen molar-refractivity contribution in [3.8, 4) is 6.07 Å². The molecule has 2 aromatic rings. The second-order valence-electron chi connectivity index (χ2n) is 6.68. The molecule has 0 atom stereocenters. The van der Waals surface area contributed by atoms with Crippen molar-refractivity contribution < 1.29 is 4.74 Å². The van der Waals surface area contributed by atoms with Crippen LogP contribution in [0.4, 0.5) is 11.6 Å². The van der Waals surface area contributed by atoms with E-state index in [1.54, 1.807) is 18.6 Å². The minimum atomic E-state index is 0.477. The number of ether oxygens (including phenoxy) is 1. The molecule has 7 nitrogen and oxygen atoms in total. The molecule has 0 radical (unpaired) electrons. The van der Waals surface area contributed by atoms with Gasteiger partial charge in [-0.1, -0.05) is 0 Å². The van der Waals surface area contributed by atoms with Gasteiger partial charge in [0, 0.05) is 63.3 Å². The van der Waals surface area contributed by atoms with Crippen LogP contribution in [-0.2, 0) is 4.74 Å². The van der Waals surface area contributed by atoms with Crippen LogP contribution in [0, 0.1) is 11.3 Å². The molecule has 2 aliphatic heterocycles. The molecule has 2 aromatic heterocycles. The highest BCUT2D eigenvalue weighted by molar-refractivity contribution is 5.48. The van der Waals surface area contributed by atoms with Crippen LogP contribution in [0.5, 0.6) is 0 Å². The van der Waals surface area contributed by atoms with Crippen LogP contribution in [0.2, 0.25) is 0 Å². The first kappa shape index (κ1) is 16.7. The van der Waals surface area contributed by atoms with Gasteiger partial charge in [-0.15, -0.1) is 0 Å². The summed E-state index contributed by atoms with van der Waals surface area (Å²) in [6.45, 7) is 5.11. The molecule has 0 aromatic carbocycles. The van der Waals surface area contributed by atoms with Gasteiger partial charge in [-0.05, 0) is 25.0 Å². The van der Waals surface area contributed by atoms with E-state index in [1.165, 1.54) is 0 Å². The molecule has 134 valence electrons. The van der Waals surface area contributed by atoms with Crippen molar-refractivity contribution in [1.29, 1.82) is 5.26 Å². The summed E-state index contributed by atoms with van der Waals surface area (Å²) in [5, 5.41) is 9.06. The first-order valence-electron chi connectivity index (χ1n) is 9.09. The average Bonchev–Trinajstić information content (AvgIpc) is 2.75. The standard InChI is InChI=1S/C19H22N6O/c20-13-15-1-4-21-18(11-15)24-5-7-25(8-6-24)19-12-17(22-14-23-19)16-2-9-26-10-3-16/h1,4,11-12,14,16H,2-3,5-10H2. The van der Waals surface area contributed by atoms with Crippen LogP contribution in [0.1, 0.15) is 30.0 Å². The zero-order valence-electron chi connectivity index (χ0n) is 14.7. The van der Waals surface area contributed by atoms with E-state index in [1.807, 2.05) is 6.07 Å². The van der Waals surface area contributed by atoms with E-state index in [-0.39, 0.29) is 0 Å². The van der Waals surface area contributed by atoms with E-state index in [0.717, 1.165) is 69.6 Å². The van der Waals surface area contributed by atoms with Crippen LogP contribution >= 0.6 is 0 Å². The van der Waals surface area contributed by atoms with Gasteiger partial charge in [-0.25, -0.2) is 15.0 Å². The number of nitriles is 1. The maximum atomic E-state index is 9.06. The van der Waals surface area contributed by atoms with Crippen LogP contribution < -0.4 is 9.80 Å². The number of rotatable bonds is 3. The maximum Gasteiger partial charge on any atom is 0.132 e. The van der Waals surface area contributed by atoms with E-state index >= 15 is 0 Å². The number of anilines is 2. The number of pyridine rings is 1. The molecule has 0 amide bonds. The van der Waals surface area contributed by atoms with Crippen molar-refractivity contribution in [2.24, 2.45) is 0 Å². The van der Waals surface area contributed by atoms with E-state index in [2.05, 4.69) is 36.9 Å². The molecule has 0 unspecified atom stereocenters. The van der Waals surface area contributed by atoms with Gasteiger partial charge in [-0.2, -0.15) is 5.26 Å². The van der Waals surface area contributed by atoms with E-state index in [9.17, 15) is 0 Å². The molecule has 2 aliphatic rings. The monoisotopic (exact) mass is 350 g/mol.